The lowest BCUT2D eigenvalue weighted by molar-refractivity contribution is -0.137. The molecule has 1 aliphatic carbocycles. The molecule has 33 heavy (non-hydrogen) atoms. The van der Waals surface area contributed by atoms with Crippen LogP contribution in [0.1, 0.15) is 30.7 Å². The second-order valence-corrected chi connectivity index (χ2v) is 9.75. The topological polar surface area (TPSA) is 122 Å². The number of anilines is 1. The predicted octanol–water partition coefficient (Wildman–Crippen LogP) is 3.90. The number of nitriles is 1. The molecule has 0 radical (unpaired) electrons. The molecule has 0 fully saturated rings. The summed E-state index contributed by atoms with van der Waals surface area (Å²) in [7, 11) is 1.30. The van der Waals surface area contributed by atoms with Crippen molar-refractivity contribution in [2.24, 2.45) is 5.73 Å². The molecule has 2 aliphatic rings. The molecule has 12 heteroatoms. The monoisotopic (exact) mass is 505 g/mol. The number of methoxy groups -OCH3 is 1. The van der Waals surface area contributed by atoms with Gasteiger partial charge in [-0.1, -0.05) is 40.8 Å². The van der Waals surface area contributed by atoms with Gasteiger partial charge in [0.25, 0.3) is 0 Å². The Hall–Kier alpha value is -2.94. The fraction of sp³-hybridized carbons (Fsp3) is 0.286. The molecule has 1 aromatic carbocycles. The van der Waals surface area contributed by atoms with Crippen LogP contribution in [0.25, 0.3) is 0 Å². The summed E-state index contributed by atoms with van der Waals surface area (Å²) in [5.41, 5.74) is 7.33. The number of halogens is 2. The quantitative estimate of drug-likeness (QED) is 0.476. The number of carbonyl (C=O) groups excluding carboxylic acids is 2. The number of hydrogen-bond donors (Lipinski definition) is 1. The van der Waals surface area contributed by atoms with Crippen molar-refractivity contribution in [3.05, 3.63) is 57.3 Å². The maximum Gasteiger partial charge on any atom is 0.316 e. The van der Waals surface area contributed by atoms with Crippen LogP contribution >= 0.6 is 34.7 Å². The smallest absolute Gasteiger partial charge is 0.316 e. The first-order valence-electron chi connectivity index (χ1n) is 9.80. The van der Waals surface area contributed by atoms with Crippen molar-refractivity contribution in [3.8, 4) is 6.07 Å². The van der Waals surface area contributed by atoms with Gasteiger partial charge in [0.15, 0.2) is 10.1 Å². The molecule has 2 N–H and O–H groups in total. The van der Waals surface area contributed by atoms with Crippen LogP contribution in [-0.4, -0.2) is 34.8 Å². The molecule has 1 aromatic heterocycles. The van der Waals surface area contributed by atoms with Crippen LogP contribution in [0, 0.1) is 17.1 Å². The Bertz CT molecular complexity index is 1230. The second-order valence-electron chi connectivity index (χ2n) is 7.17. The first-order valence-corrected chi connectivity index (χ1v) is 12.0. The molecule has 1 unspecified atom stereocenters. The maximum atomic E-state index is 14.9. The van der Waals surface area contributed by atoms with Gasteiger partial charge in [-0.3, -0.25) is 14.5 Å². The van der Waals surface area contributed by atoms with Gasteiger partial charge in [-0.2, -0.15) is 5.26 Å². The minimum atomic E-state index is -1.01. The molecule has 0 amide bonds. The van der Waals surface area contributed by atoms with E-state index in [-0.39, 0.29) is 45.5 Å². The zero-order valence-corrected chi connectivity index (χ0v) is 19.7. The number of rotatable bonds is 5. The second kappa shape index (κ2) is 9.51. The van der Waals surface area contributed by atoms with Gasteiger partial charge in [-0.05, 0) is 25.0 Å². The van der Waals surface area contributed by atoms with Gasteiger partial charge in [0.1, 0.15) is 11.6 Å². The minimum absolute atomic E-state index is 0.00923. The minimum Gasteiger partial charge on any atom is -0.468 e. The standard InChI is InChI=1S/C21H17ClFN5O3S2/c1-31-15(30)9-32-21-27-26-20(33-21)28-13-6-3-7-14(29)18(13)16(10(8-24)19(28)25)17-11(22)4-2-5-12(17)23/h2,4-5,16H,3,6-7,9,25H2,1H3. The number of ketones is 1. The Kier molecular flexibility index (Phi) is 6.69. The van der Waals surface area contributed by atoms with E-state index in [9.17, 15) is 19.2 Å². The largest absolute Gasteiger partial charge is 0.468 e. The molecule has 2 aromatic rings. The van der Waals surface area contributed by atoms with E-state index in [1.165, 1.54) is 30.2 Å². The van der Waals surface area contributed by atoms with Gasteiger partial charge in [0, 0.05) is 28.3 Å². The molecule has 0 spiro atoms. The van der Waals surface area contributed by atoms with E-state index in [2.05, 4.69) is 21.0 Å². The van der Waals surface area contributed by atoms with Crippen LogP contribution < -0.4 is 10.6 Å². The summed E-state index contributed by atoms with van der Waals surface area (Å²) in [4.78, 5) is 26.1. The van der Waals surface area contributed by atoms with Gasteiger partial charge in [-0.15, -0.1) is 10.2 Å². The zero-order chi connectivity index (χ0) is 23.7. The lowest BCUT2D eigenvalue weighted by atomic mass is 9.75. The summed E-state index contributed by atoms with van der Waals surface area (Å²) in [5, 5.41) is 18.7. The number of hydrogen-bond acceptors (Lipinski definition) is 10. The average molecular weight is 506 g/mol. The molecule has 4 rings (SSSR count). The van der Waals surface area contributed by atoms with Gasteiger partial charge < -0.3 is 10.5 Å². The van der Waals surface area contributed by atoms with Crippen LogP contribution in [0.5, 0.6) is 0 Å². The third-order valence-electron chi connectivity index (χ3n) is 5.33. The number of nitrogens with two attached hydrogens (primary N) is 1. The summed E-state index contributed by atoms with van der Waals surface area (Å²) < 4.78 is 20.0. The highest BCUT2D eigenvalue weighted by Gasteiger charge is 2.42. The molecule has 0 saturated heterocycles. The van der Waals surface area contributed by atoms with E-state index >= 15 is 0 Å². The number of allylic oxidation sites excluding steroid dienone is 3. The summed E-state index contributed by atoms with van der Waals surface area (Å²) in [6, 6.07) is 6.27. The first-order chi connectivity index (χ1) is 15.9. The van der Waals surface area contributed by atoms with Gasteiger partial charge in [0.2, 0.25) is 5.13 Å². The van der Waals surface area contributed by atoms with E-state index in [4.69, 9.17) is 17.3 Å². The molecule has 1 atom stereocenters. The maximum absolute atomic E-state index is 14.9. The number of nitrogens with zero attached hydrogens (tertiary/aromatic N) is 4. The number of Topliss-reactive ketones (excluding diaryl/α,β-unsaturated/α-hetero) is 1. The Morgan fingerprint density at radius 1 is 1.45 bits per heavy atom. The summed E-state index contributed by atoms with van der Waals surface area (Å²) in [6.07, 6.45) is 1.32. The van der Waals surface area contributed by atoms with Crippen molar-refractivity contribution < 1.29 is 18.7 Å². The Labute approximate surface area is 201 Å². The molecular weight excluding hydrogens is 489 g/mol. The number of carbonyl (C=O) groups is 2. The number of esters is 1. The van der Waals surface area contributed by atoms with Crippen LogP contribution in [0.2, 0.25) is 5.02 Å². The summed E-state index contributed by atoms with van der Waals surface area (Å²) in [5.74, 6) is -2.15. The van der Waals surface area contributed by atoms with E-state index in [0.717, 1.165) is 23.1 Å². The average Bonchev–Trinajstić information content (AvgIpc) is 3.25. The number of ether oxygens (including phenoxy) is 1. The highest BCUT2D eigenvalue weighted by molar-refractivity contribution is 8.01. The van der Waals surface area contributed by atoms with Crippen molar-refractivity contribution in [1.29, 1.82) is 5.26 Å². The highest BCUT2D eigenvalue weighted by Crippen LogP contribution is 2.48. The highest BCUT2D eigenvalue weighted by atomic mass is 35.5. The van der Waals surface area contributed by atoms with Crippen LogP contribution in [0.4, 0.5) is 9.52 Å². The van der Waals surface area contributed by atoms with E-state index in [0.29, 0.717) is 28.0 Å². The molecule has 8 nitrogen and oxygen atoms in total. The zero-order valence-electron chi connectivity index (χ0n) is 17.3. The van der Waals surface area contributed by atoms with E-state index < -0.39 is 17.7 Å². The third kappa shape index (κ3) is 4.21. The molecule has 1 aliphatic heterocycles. The Morgan fingerprint density at radius 2 is 2.24 bits per heavy atom. The van der Waals surface area contributed by atoms with Gasteiger partial charge >= 0.3 is 5.97 Å². The van der Waals surface area contributed by atoms with Gasteiger partial charge in [0.05, 0.1) is 30.4 Å². The summed E-state index contributed by atoms with van der Waals surface area (Å²) in [6.45, 7) is 0. The van der Waals surface area contributed by atoms with E-state index in [1.807, 2.05) is 0 Å². The number of thioether (sulfide) groups is 1. The molecule has 0 saturated carbocycles. The normalized spacial score (nSPS) is 18.3. The molecule has 170 valence electrons. The molecule has 2 heterocycles. The lowest BCUT2D eigenvalue weighted by Crippen LogP contribution is -2.39. The van der Waals surface area contributed by atoms with Gasteiger partial charge in [-0.25, -0.2) is 4.39 Å². The van der Waals surface area contributed by atoms with Crippen molar-refractivity contribution in [2.75, 3.05) is 17.8 Å². The predicted molar refractivity (Wildman–Crippen MR) is 122 cm³/mol. The van der Waals surface area contributed by atoms with E-state index in [1.54, 1.807) is 0 Å². The van der Waals surface area contributed by atoms with Crippen molar-refractivity contribution >= 4 is 51.6 Å². The van der Waals surface area contributed by atoms with Crippen molar-refractivity contribution in [3.63, 3.8) is 0 Å². The molecule has 0 bridgehead atoms. The van der Waals surface area contributed by atoms with Crippen molar-refractivity contribution in [2.45, 2.75) is 29.5 Å². The third-order valence-corrected chi connectivity index (χ3v) is 7.67. The van der Waals surface area contributed by atoms with Crippen LogP contribution in [0.3, 0.4) is 0 Å². The lowest BCUT2D eigenvalue weighted by Gasteiger charge is -2.38. The van der Waals surface area contributed by atoms with Crippen LogP contribution in [0.15, 0.2) is 45.2 Å². The number of aromatic nitrogens is 2. The first kappa shape index (κ1) is 23.2. The number of benzene rings is 1. The summed E-state index contributed by atoms with van der Waals surface area (Å²) >= 11 is 8.63. The Balaban J connectivity index is 1.84. The Morgan fingerprint density at radius 3 is 2.94 bits per heavy atom. The fourth-order valence-corrected chi connectivity index (χ4v) is 5.90. The van der Waals surface area contributed by atoms with Crippen molar-refractivity contribution in [1.82, 2.24) is 10.2 Å². The fourth-order valence-electron chi connectivity index (χ4n) is 3.91. The molecular formula is C21H17ClFN5O3S2. The van der Waals surface area contributed by atoms with Crippen LogP contribution in [-0.2, 0) is 14.3 Å². The SMILES string of the molecule is COC(=O)CSc1nnc(N2C(N)=C(C#N)C(c3c(F)cccc3Cl)C3=C2CCCC3=O)s1.